The monoisotopic (exact) mass is 287 g/mol. The summed E-state index contributed by atoms with van der Waals surface area (Å²) < 4.78 is 31.6. The Morgan fingerprint density at radius 3 is 2.71 bits per heavy atom. The van der Waals surface area contributed by atoms with Crippen LogP contribution in [0.4, 0.5) is 14.5 Å². The van der Waals surface area contributed by atoms with Crippen LogP contribution in [0, 0.1) is 11.6 Å². The quantitative estimate of drug-likeness (QED) is 0.751. The van der Waals surface area contributed by atoms with E-state index in [0.717, 1.165) is 6.07 Å². The average Bonchev–Trinajstić information content (AvgIpc) is 2.91. The van der Waals surface area contributed by atoms with Crippen LogP contribution in [-0.4, -0.2) is 10.1 Å². The molecule has 0 unspecified atom stereocenters. The number of benzene rings is 2. The third-order valence-corrected chi connectivity index (χ3v) is 2.97. The Labute approximate surface area is 119 Å². The standard InChI is InChI=1S/C15H11F2N3O/c16-11-5-4-9(13(17)8-11)7-14-19-15(21-20-14)10-2-1-3-12(18)6-10/h1-6,8H,7,18H2. The van der Waals surface area contributed by atoms with E-state index in [0.29, 0.717) is 28.5 Å². The van der Waals surface area contributed by atoms with Crippen molar-refractivity contribution in [3.05, 3.63) is 65.5 Å². The lowest BCUT2D eigenvalue weighted by atomic mass is 10.1. The van der Waals surface area contributed by atoms with Crippen molar-refractivity contribution in [3.63, 3.8) is 0 Å². The van der Waals surface area contributed by atoms with E-state index in [1.807, 2.05) is 0 Å². The van der Waals surface area contributed by atoms with Crippen LogP contribution in [-0.2, 0) is 6.42 Å². The minimum Gasteiger partial charge on any atom is -0.399 e. The van der Waals surface area contributed by atoms with Gasteiger partial charge in [-0.25, -0.2) is 8.78 Å². The number of aromatic nitrogens is 2. The molecular formula is C15H11F2N3O. The van der Waals surface area contributed by atoms with Crippen LogP contribution in [0.5, 0.6) is 0 Å². The second-order valence-electron chi connectivity index (χ2n) is 4.55. The van der Waals surface area contributed by atoms with E-state index in [-0.39, 0.29) is 6.42 Å². The molecule has 4 nitrogen and oxygen atoms in total. The zero-order chi connectivity index (χ0) is 14.8. The zero-order valence-electron chi connectivity index (χ0n) is 10.9. The normalized spacial score (nSPS) is 10.8. The van der Waals surface area contributed by atoms with E-state index in [4.69, 9.17) is 10.3 Å². The first kappa shape index (κ1) is 13.2. The molecule has 3 rings (SSSR count). The van der Waals surface area contributed by atoms with Gasteiger partial charge in [0.15, 0.2) is 5.82 Å². The first-order chi connectivity index (χ1) is 10.1. The van der Waals surface area contributed by atoms with Crippen LogP contribution in [0.3, 0.4) is 0 Å². The number of nitrogens with zero attached hydrogens (tertiary/aromatic N) is 2. The lowest BCUT2D eigenvalue weighted by Crippen LogP contribution is -1.95. The summed E-state index contributed by atoms with van der Waals surface area (Å²) in [5.41, 5.74) is 7.26. The smallest absolute Gasteiger partial charge is 0.258 e. The molecule has 1 heterocycles. The molecule has 2 aromatic carbocycles. The number of hydrogen-bond acceptors (Lipinski definition) is 4. The lowest BCUT2D eigenvalue weighted by molar-refractivity contribution is 0.423. The molecule has 3 aromatic rings. The van der Waals surface area contributed by atoms with Crippen molar-refractivity contribution >= 4 is 5.69 Å². The summed E-state index contributed by atoms with van der Waals surface area (Å²) in [7, 11) is 0. The number of nitrogen functional groups attached to an aromatic ring is 1. The minimum atomic E-state index is -0.634. The van der Waals surface area contributed by atoms with Gasteiger partial charge in [0.05, 0.1) is 0 Å². The fraction of sp³-hybridized carbons (Fsp3) is 0.0667. The maximum atomic E-state index is 13.6. The molecule has 0 radical (unpaired) electrons. The summed E-state index contributed by atoms with van der Waals surface area (Å²) >= 11 is 0. The molecule has 1 aromatic heterocycles. The summed E-state index contributed by atoms with van der Waals surface area (Å²) in [5, 5.41) is 3.79. The van der Waals surface area contributed by atoms with Gasteiger partial charge >= 0.3 is 0 Å². The van der Waals surface area contributed by atoms with Gasteiger partial charge in [0.2, 0.25) is 0 Å². The summed E-state index contributed by atoms with van der Waals surface area (Å²) in [6.45, 7) is 0. The van der Waals surface area contributed by atoms with E-state index in [1.165, 1.54) is 12.1 Å². The molecule has 21 heavy (non-hydrogen) atoms. The van der Waals surface area contributed by atoms with Crippen LogP contribution in [0.15, 0.2) is 47.0 Å². The summed E-state index contributed by atoms with van der Waals surface area (Å²) in [4.78, 5) is 4.19. The van der Waals surface area contributed by atoms with Crippen LogP contribution in [0.2, 0.25) is 0 Å². The largest absolute Gasteiger partial charge is 0.399 e. The highest BCUT2D eigenvalue weighted by Crippen LogP contribution is 2.20. The predicted molar refractivity (Wildman–Crippen MR) is 73.3 cm³/mol. The van der Waals surface area contributed by atoms with Crippen LogP contribution >= 0.6 is 0 Å². The number of anilines is 1. The highest BCUT2D eigenvalue weighted by atomic mass is 19.1. The molecule has 0 bridgehead atoms. The molecule has 0 aliphatic carbocycles. The van der Waals surface area contributed by atoms with Crippen molar-refractivity contribution in [2.75, 3.05) is 5.73 Å². The Bertz CT molecular complexity index is 786. The highest BCUT2D eigenvalue weighted by Gasteiger charge is 2.12. The molecule has 0 aliphatic rings. The predicted octanol–water partition coefficient (Wildman–Crippen LogP) is 3.19. The second kappa shape index (κ2) is 5.32. The van der Waals surface area contributed by atoms with Gasteiger partial charge in [-0.1, -0.05) is 17.3 Å². The fourth-order valence-electron chi connectivity index (χ4n) is 1.95. The van der Waals surface area contributed by atoms with Crippen molar-refractivity contribution in [1.29, 1.82) is 0 Å². The third kappa shape index (κ3) is 2.89. The Morgan fingerprint density at radius 2 is 1.95 bits per heavy atom. The molecule has 0 saturated heterocycles. The number of hydrogen-bond donors (Lipinski definition) is 1. The molecule has 0 saturated carbocycles. The SMILES string of the molecule is Nc1cccc(-c2nc(Cc3ccc(F)cc3F)no2)c1. The molecule has 0 aliphatic heterocycles. The lowest BCUT2D eigenvalue weighted by Gasteiger charge is -1.99. The van der Waals surface area contributed by atoms with Crippen molar-refractivity contribution in [2.45, 2.75) is 6.42 Å². The Balaban J connectivity index is 1.85. The van der Waals surface area contributed by atoms with Gasteiger partial charge in [-0.05, 0) is 29.8 Å². The number of rotatable bonds is 3. The average molecular weight is 287 g/mol. The Hall–Kier alpha value is -2.76. The molecule has 0 atom stereocenters. The van der Waals surface area contributed by atoms with Crippen molar-refractivity contribution < 1.29 is 13.3 Å². The zero-order valence-corrected chi connectivity index (χ0v) is 10.9. The van der Waals surface area contributed by atoms with Gasteiger partial charge in [0.25, 0.3) is 5.89 Å². The first-order valence-electron chi connectivity index (χ1n) is 6.24. The fourth-order valence-corrected chi connectivity index (χ4v) is 1.95. The van der Waals surface area contributed by atoms with Crippen LogP contribution < -0.4 is 5.73 Å². The molecule has 106 valence electrons. The van der Waals surface area contributed by atoms with Crippen LogP contribution in [0.25, 0.3) is 11.5 Å². The molecular weight excluding hydrogens is 276 g/mol. The van der Waals surface area contributed by atoms with Crippen molar-refractivity contribution in [3.8, 4) is 11.5 Å². The van der Waals surface area contributed by atoms with E-state index in [2.05, 4.69) is 10.1 Å². The van der Waals surface area contributed by atoms with Crippen LogP contribution in [0.1, 0.15) is 11.4 Å². The van der Waals surface area contributed by atoms with Gasteiger partial charge in [-0.2, -0.15) is 4.98 Å². The van der Waals surface area contributed by atoms with E-state index in [1.54, 1.807) is 24.3 Å². The third-order valence-electron chi connectivity index (χ3n) is 2.97. The van der Waals surface area contributed by atoms with Gasteiger partial charge in [0, 0.05) is 23.7 Å². The van der Waals surface area contributed by atoms with Gasteiger partial charge in [-0.3, -0.25) is 0 Å². The number of halogens is 2. The second-order valence-corrected chi connectivity index (χ2v) is 4.55. The van der Waals surface area contributed by atoms with E-state index >= 15 is 0 Å². The topological polar surface area (TPSA) is 64.9 Å². The molecule has 0 fully saturated rings. The van der Waals surface area contributed by atoms with Crippen molar-refractivity contribution in [2.24, 2.45) is 0 Å². The molecule has 0 amide bonds. The van der Waals surface area contributed by atoms with Gasteiger partial charge in [-0.15, -0.1) is 0 Å². The summed E-state index contributed by atoms with van der Waals surface area (Å²) in [5.74, 6) is -0.632. The first-order valence-corrected chi connectivity index (χ1v) is 6.24. The molecule has 2 N–H and O–H groups in total. The van der Waals surface area contributed by atoms with Gasteiger partial charge in [0.1, 0.15) is 11.6 Å². The molecule has 0 spiro atoms. The Kier molecular flexibility index (Phi) is 3.35. The van der Waals surface area contributed by atoms with Crippen molar-refractivity contribution in [1.82, 2.24) is 10.1 Å². The van der Waals surface area contributed by atoms with E-state index in [9.17, 15) is 8.78 Å². The van der Waals surface area contributed by atoms with E-state index < -0.39 is 11.6 Å². The molecule has 6 heteroatoms. The minimum absolute atomic E-state index is 0.123. The highest BCUT2D eigenvalue weighted by molar-refractivity contribution is 5.59. The maximum absolute atomic E-state index is 13.6. The summed E-state index contributed by atoms with van der Waals surface area (Å²) in [6, 6.07) is 10.4. The maximum Gasteiger partial charge on any atom is 0.258 e. The summed E-state index contributed by atoms with van der Waals surface area (Å²) in [6.07, 6.45) is 0.123. The Morgan fingerprint density at radius 1 is 1.10 bits per heavy atom. The van der Waals surface area contributed by atoms with Gasteiger partial charge < -0.3 is 10.3 Å². The number of nitrogens with two attached hydrogens (primary N) is 1.